The van der Waals surface area contributed by atoms with Crippen molar-refractivity contribution >= 4 is 17.6 Å². The second kappa shape index (κ2) is 7.54. The molecule has 1 atom stereocenters. The standard InChI is InChI=1S/C17H16F2N2O3/c1-10(16-13(18)3-2-4-14(16)19)24-17(23)11-5-7-12(8-6-11)21-9-15(20)22/h2-8,10,21H,9H2,1H3,(H2,20,22)/t10-/m0/s1. The maximum absolute atomic E-state index is 13.7. The van der Waals surface area contributed by atoms with E-state index in [2.05, 4.69) is 5.32 Å². The van der Waals surface area contributed by atoms with Crippen molar-refractivity contribution in [3.8, 4) is 0 Å². The Bertz CT molecular complexity index is 728. The fraction of sp³-hybridized carbons (Fsp3) is 0.176. The van der Waals surface area contributed by atoms with E-state index in [0.29, 0.717) is 5.69 Å². The number of halogens is 2. The van der Waals surface area contributed by atoms with Crippen molar-refractivity contribution < 1.29 is 23.1 Å². The van der Waals surface area contributed by atoms with Crippen molar-refractivity contribution in [1.82, 2.24) is 0 Å². The molecular weight excluding hydrogens is 318 g/mol. The SMILES string of the molecule is C[C@H](OC(=O)c1ccc(NCC(N)=O)cc1)c1c(F)cccc1F. The Morgan fingerprint density at radius 1 is 1.12 bits per heavy atom. The third kappa shape index (κ3) is 4.28. The normalized spacial score (nSPS) is 11.6. The van der Waals surface area contributed by atoms with Crippen LogP contribution in [0.4, 0.5) is 14.5 Å². The van der Waals surface area contributed by atoms with Crippen molar-refractivity contribution in [2.45, 2.75) is 13.0 Å². The van der Waals surface area contributed by atoms with Crippen LogP contribution in [0.15, 0.2) is 42.5 Å². The van der Waals surface area contributed by atoms with Crippen LogP contribution in [-0.2, 0) is 9.53 Å². The molecule has 3 N–H and O–H groups in total. The number of benzene rings is 2. The lowest BCUT2D eigenvalue weighted by Crippen LogP contribution is -2.21. The average molecular weight is 334 g/mol. The van der Waals surface area contributed by atoms with Gasteiger partial charge in [0, 0.05) is 5.69 Å². The average Bonchev–Trinajstić information content (AvgIpc) is 2.53. The first-order valence-electron chi connectivity index (χ1n) is 7.15. The zero-order valence-electron chi connectivity index (χ0n) is 12.9. The number of hydrogen-bond donors (Lipinski definition) is 2. The van der Waals surface area contributed by atoms with Crippen molar-refractivity contribution in [1.29, 1.82) is 0 Å². The zero-order chi connectivity index (χ0) is 17.7. The number of esters is 1. The summed E-state index contributed by atoms with van der Waals surface area (Å²) in [6.45, 7) is 1.36. The largest absolute Gasteiger partial charge is 0.454 e. The molecule has 1 amide bonds. The number of nitrogens with one attached hydrogen (secondary N) is 1. The monoisotopic (exact) mass is 334 g/mol. The molecule has 0 bridgehead atoms. The molecule has 0 aliphatic carbocycles. The van der Waals surface area contributed by atoms with E-state index in [0.717, 1.165) is 12.1 Å². The van der Waals surface area contributed by atoms with Crippen molar-refractivity contribution in [2.24, 2.45) is 5.73 Å². The van der Waals surface area contributed by atoms with E-state index in [1.54, 1.807) is 12.1 Å². The molecule has 0 saturated heterocycles. The minimum atomic E-state index is -1.08. The summed E-state index contributed by atoms with van der Waals surface area (Å²) in [5.74, 6) is -2.78. The number of ether oxygens (including phenoxy) is 1. The van der Waals surface area contributed by atoms with Gasteiger partial charge in [-0.2, -0.15) is 0 Å². The number of amides is 1. The van der Waals surface area contributed by atoms with Gasteiger partial charge in [-0.25, -0.2) is 13.6 Å². The molecule has 0 spiro atoms. The summed E-state index contributed by atoms with van der Waals surface area (Å²) in [5, 5.41) is 2.77. The van der Waals surface area contributed by atoms with Gasteiger partial charge in [-0.1, -0.05) is 6.07 Å². The Kier molecular flexibility index (Phi) is 5.47. The van der Waals surface area contributed by atoms with Crippen LogP contribution in [-0.4, -0.2) is 18.4 Å². The van der Waals surface area contributed by atoms with Gasteiger partial charge >= 0.3 is 5.97 Å². The molecule has 0 unspecified atom stereocenters. The first kappa shape index (κ1) is 17.4. The first-order chi connectivity index (χ1) is 11.4. The van der Waals surface area contributed by atoms with Gasteiger partial charge < -0.3 is 15.8 Å². The van der Waals surface area contributed by atoms with Crippen LogP contribution in [0.1, 0.15) is 28.9 Å². The Hall–Kier alpha value is -2.96. The van der Waals surface area contributed by atoms with Crippen LogP contribution in [0.3, 0.4) is 0 Å². The van der Waals surface area contributed by atoms with E-state index in [4.69, 9.17) is 10.5 Å². The van der Waals surface area contributed by atoms with E-state index in [-0.39, 0.29) is 17.7 Å². The molecule has 0 saturated carbocycles. The molecule has 24 heavy (non-hydrogen) atoms. The zero-order valence-corrected chi connectivity index (χ0v) is 12.9. The van der Waals surface area contributed by atoms with Crippen LogP contribution >= 0.6 is 0 Å². The highest BCUT2D eigenvalue weighted by Crippen LogP contribution is 2.24. The van der Waals surface area contributed by atoms with Gasteiger partial charge in [0.25, 0.3) is 0 Å². The molecule has 0 heterocycles. The Morgan fingerprint density at radius 2 is 1.71 bits per heavy atom. The number of primary amides is 1. The summed E-state index contributed by atoms with van der Waals surface area (Å²) >= 11 is 0. The fourth-order valence-corrected chi connectivity index (χ4v) is 2.10. The smallest absolute Gasteiger partial charge is 0.338 e. The summed E-state index contributed by atoms with van der Waals surface area (Å²) in [6.07, 6.45) is -1.08. The van der Waals surface area contributed by atoms with Crippen molar-refractivity contribution in [3.05, 3.63) is 65.2 Å². The summed E-state index contributed by atoms with van der Waals surface area (Å²) in [6, 6.07) is 9.50. The molecule has 7 heteroatoms. The summed E-state index contributed by atoms with van der Waals surface area (Å²) in [5.41, 5.74) is 5.52. The van der Waals surface area contributed by atoms with E-state index in [1.165, 1.54) is 25.1 Å². The summed E-state index contributed by atoms with van der Waals surface area (Å²) in [7, 11) is 0. The van der Waals surface area contributed by atoms with Gasteiger partial charge in [-0.15, -0.1) is 0 Å². The van der Waals surface area contributed by atoms with Crippen LogP contribution in [0.2, 0.25) is 0 Å². The maximum atomic E-state index is 13.7. The third-order valence-electron chi connectivity index (χ3n) is 3.28. The second-order valence-electron chi connectivity index (χ2n) is 5.08. The Morgan fingerprint density at radius 3 is 2.25 bits per heavy atom. The molecule has 5 nitrogen and oxygen atoms in total. The molecule has 126 valence electrons. The van der Waals surface area contributed by atoms with Crippen LogP contribution in [0.25, 0.3) is 0 Å². The van der Waals surface area contributed by atoms with Crippen molar-refractivity contribution in [3.63, 3.8) is 0 Å². The summed E-state index contributed by atoms with van der Waals surface area (Å²) < 4.78 is 32.5. The van der Waals surface area contributed by atoms with E-state index in [9.17, 15) is 18.4 Å². The van der Waals surface area contributed by atoms with Gasteiger partial charge in [-0.3, -0.25) is 4.79 Å². The van der Waals surface area contributed by atoms with E-state index >= 15 is 0 Å². The van der Waals surface area contributed by atoms with Crippen LogP contribution < -0.4 is 11.1 Å². The summed E-state index contributed by atoms with van der Waals surface area (Å²) in [4.78, 5) is 22.7. The number of rotatable bonds is 6. The van der Waals surface area contributed by atoms with Crippen LogP contribution in [0.5, 0.6) is 0 Å². The van der Waals surface area contributed by atoms with Crippen LogP contribution in [0, 0.1) is 11.6 Å². The highest BCUT2D eigenvalue weighted by Gasteiger charge is 2.20. The maximum Gasteiger partial charge on any atom is 0.338 e. The van der Waals surface area contributed by atoms with Gasteiger partial charge in [0.05, 0.1) is 17.7 Å². The van der Waals surface area contributed by atoms with Gasteiger partial charge in [0.1, 0.15) is 17.7 Å². The Labute approximate surface area is 137 Å². The number of carbonyl (C=O) groups excluding carboxylic acids is 2. The highest BCUT2D eigenvalue weighted by molar-refractivity contribution is 5.90. The molecule has 2 aromatic carbocycles. The molecular formula is C17H16F2N2O3. The molecule has 0 aliphatic heterocycles. The number of nitrogens with two attached hydrogens (primary N) is 1. The molecule has 0 fully saturated rings. The second-order valence-corrected chi connectivity index (χ2v) is 5.08. The molecule has 2 rings (SSSR count). The van der Waals surface area contributed by atoms with E-state index in [1.807, 2.05) is 0 Å². The lowest BCUT2D eigenvalue weighted by Gasteiger charge is -2.15. The Balaban J connectivity index is 2.05. The number of anilines is 1. The molecule has 2 aromatic rings. The number of hydrogen-bond acceptors (Lipinski definition) is 4. The van der Waals surface area contributed by atoms with E-state index < -0.39 is 29.6 Å². The molecule has 0 aliphatic rings. The minimum absolute atomic E-state index is 0.0343. The lowest BCUT2D eigenvalue weighted by atomic mass is 10.1. The minimum Gasteiger partial charge on any atom is -0.454 e. The van der Waals surface area contributed by atoms with Gasteiger partial charge in [-0.05, 0) is 43.3 Å². The molecule has 0 radical (unpaired) electrons. The predicted molar refractivity (Wildman–Crippen MR) is 84.3 cm³/mol. The third-order valence-corrected chi connectivity index (χ3v) is 3.28. The molecule has 0 aromatic heterocycles. The lowest BCUT2D eigenvalue weighted by molar-refractivity contribution is -0.116. The number of carbonyl (C=O) groups is 2. The first-order valence-corrected chi connectivity index (χ1v) is 7.15. The van der Waals surface area contributed by atoms with Gasteiger partial charge in [0.2, 0.25) is 5.91 Å². The van der Waals surface area contributed by atoms with Gasteiger partial charge in [0.15, 0.2) is 0 Å². The fourth-order valence-electron chi connectivity index (χ4n) is 2.10. The topological polar surface area (TPSA) is 81.4 Å². The van der Waals surface area contributed by atoms with Crippen molar-refractivity contribution in [2.75, 3.05) is 11.9 Å². The predicted octanol–water partition coefficient (Wildman–Crippen LogP) is 2.78. The quantitative estimate of drug-likeness (QED) is 0.796. The highest BCUT2D eigenvalue weighted by atomic mass is 19.1.